The van der Waals surface area contributed by atoms with Crippen molar-refractivity contribution in [3.63, 3.8) is 0 Å². The number of hydrogen-bond acceptors (Lipinski definition) is 5. The van der Waals surface area contributed by atoms with E-state index in [2.05, 4.69) is 34.4 Å². The van der Waals surface area contributed by atoms with Crippen molar-refractivity contribution in [3.8, 4) is 0 Å². The molecule has 0 bridgehead atoms. The molecule has 0 radical (unpaired) electrons. The molecular formula is C12H22N4O. The summed E-state index contributed by atoms with van der Waals surface area (Å²) in [5, 5.41) is 6.44. The number of hydrogen-bond donors (Lipinski definition) is 2. The highest BCUT2D eigenvalue weighted by Crippen LogP contribution is 2.20. The van der Waals surface area contributed by atoms with Crippen molar-refractivity contribution in [3.05, 3.63) is 11.9 Å². The molecule has 0 aliphatic carbocycles. The summed E-state index contributed by atoms with van der Waals surface area (Å²) in [6, 6.07) is 0.236. The zero-order valence-corrected chi connectivity index (χ0v) is 11.1. The van der Waals surface area contributed by atoms with Gasteiger partial charge in [0.05, 0.1) is 6.61 Å². The van der Waals surface area contributed by atoms with E-state index in [0.717, 1.165) is 30.2 Å². The SMILES string of the molecule is CCOCC(C)Nc1ncnc(NC)c1CC. The van der Waals surface area contributed by atoms with Crippen LogP contribution in [0.4, 0.5) is 11.6 Å². The summed E-state index contributed by atoms with van der Waals surface area (Å²) >= 11 is 0. The molecule has 17 heavy (non-hydrogen) atoms. The van der Waals surface area contributed by atoms with Gasteiger partial charge in [0.2, 0.25) is 0 Å². The van der Waals surface area contributed by atoms with Gasteiger partial charge >= 0.3 is 0 Å². The van der Waals surface area contributed by atoms with Gasteiger partial charge in [-0.3, -0.25) is 0 Å². The maximum Gasteiger partial charge on any atom is 0.134 e. The summed E-state index contributed by atoms with van der Waals surface area (Å²) in [5.41, 5.74) is 1.11. The molecule has 1 unspecified atom stereocenters. The summed E-state index contributed by atoms with van der Waals surface area (Å²) in [6.07, 6.45) is 2.46. The Kier molecular flexibility index (Phi) is 5.69. The molecule has 0 aliphatic heterocycles. The van der Waals surface area contributed by atoms with Crippen LogP contribution in [0.25, 0.3) is 0 Å². The topological polar surface area (TPSA) is 59.1 Å². The molecule has 0 aliphatic rings. The lowest BCUT2D eigenvalue weighted by Crippen LogP contribution is -2.23. The second-order valence-electron chi connectivity index (χ2n) is 3.86. The minimum atomic E-state index is 0.236. The quantitative estimate of drug-likeness (QED) is 0.760. The number of nitrogens with zero attached hydrogens (tertiary/aromatic N) is 2. The highest BCUT2D eigenvalue weighted by atomic mass is 16.5. The maximum atomic E-state index is 5.38. The molecule has 0 aromatic carbocycles. The summed E-state index contributed by atoms with van der Waals surface area (Å²) < 4.78 is 5.38. The average Bonchev–Trinajstić information content (AvgIpc) is 2.35. The lowest BCUT2D eigenvalue weighted by atomic mass is 10.2. The van der Waals surface area contributed by atoms with Crippen molar-refractivity contribution in [2.24, 2.45) is 0 Å². The third kappa shape index (κ3) is 3.85. The minimum absolute atomic E-state index is 0.236. The number of rotatable bonds is 7. The van der Waals surface area contributed by atoms with E-state index in [4.69, 9.17) is 4.74 Å². The first-order chi connectivity index (χ1) is 8.22. The smallest absolute Gasteiger partial charge is 0.134 e. The van der Waals surface area contributed by atoms with Gasteiger partial charge in [-0.15, -0.1) is 0 Å². The van der Waals surface area contributed by atoms with Gasteiger partial charge in [-0.25, -0.2) is 9.97 Å². The molecule has 96 valence electrons. The fourth-order valence-corrected chi connectivity index (χ4v) is 1.66. The van der Waals surface area contributed by atoms with Crippen molar-refractivity contribution in [2.75, 3.05) is 30.9 Å². The lowest BCUT2D eigenvalue weighted by Gasteiger charge is -2.17. The Morgan fingerprint density at radius 1 is 1.29 bits per heavy atom. The normalized spacial score (nSPS) is 12.2. The first-order valence-electron chi connectivity index (χ1n) is 6.08. The maximum absolute atomic E-state index is 5.38. The molecule has 1 atom stereocenters. The molecule has 0 saturated heterocycles. The molecule has 1 rings (SSSR count). The monoisotopic (exact) mass is 238 g/mol. The van der Waals surface area contributed by atoms with Gasteiger partial charge in [-0.05, 0) is 20.3 Å². The Morgan fingerprint density at radius 3 is 2.59 bits per heavy atom. The molecule has 5 heteroatoms. The van der Waals surface area contributed by atoms with E-state index in [-0.39, 0.29) is 6.04 Å². The van der Waals surface area contributed by atoms with Crippen molar-refractivity contribution in [1.29, 1.82) is 0 Å². The number of aromatic nitrogens is 2. The van der Waals surface area contributed by atoms with Crippen LogP contribution in [-0.2, 0) is 11.2 Å². The van der Waals surface area contributed by atoms with Gasteiger partial charge in [-0.1, -0.05) is 6.92 Å². The lowest BCUT2D eigenvalue weighted by molar-refractivity contribution is 0.141. The molecule has 0 amide bonds. The Hall–Kier alpha value is -1.36. The fourth-order valence-electron chi connectivity index (χ4n) is 1.66. The van der Waals surface area contributed by atoms with Crippen molar-refractivity contribution in [2.45, 2.75) is 33.2 Å². The summed E-state index contributed by atoms with van der Waals surface area (Å²) in [7, 11) is 1.87. The Morgan fingerprint density at radius 2 is 2.00 bits per heavy atom. The Bertz CT molecular complexity index is 343. The van der Waals surface area contributed by atoms with E-state index in [0.29, 0.717) is 6.61 Å². The van der Waals surface area contributed by atoms with Gasteiger partial charge in [0.1, 0.15) is 18.0 Å². The Balaban J connectivity index is 2.75. The van der Waals surface area contributed by atoms with Gasteiger partial charge < -0.3 is 15.4 Å². The first-order valence-corrected chi connectivity index (χ1v) is 6.08. The molecule has 0 saturated carbocycles. The zero-order valence-electron chi connectivity index (χ0n) is 11.1. The number of nitrogens with one attached hydrogen (secondary N) is 2. The van der Waals surface area contributed by atoms with Crippen LogP contribution in [0.5, 0.6) is 0 Å². The van der Waals surface area contributed by atoms with Crippen molar-refractivity contribution < 1.29 is 4.74 Å². The fraction of sp³-hybridized carbons (Fsp3) is 0.667. The molecule has 1 heterocycles. The second kappa shape index (κ2) is 7.06. The molecule has 2 N–H and O–H groups in total. The van der Waals surface area contributed by atoms with Crippen LogP contribution in [-0.4, -0.2) is 36.3 Å². The first kappa shape index (κ1) is 13.7. The predicted octanol–water partition coefficient (Wildman–Crippen LogP) is 1.92. The molecule has 0 spiro atoms. The van der Waals surface area contributed by atoms with Crippen molar-refractivity contribution in [1.82, 2.24) is 9.97 Å². The standard InChI is InChI=1S/C12H22N4O/c1-5-10-11(13-4)14-8-15-12(10)16-9(3)7-17-6-2/h8-9H,5-7H2,1-4H3,(H2,13,14,15,16). The van der Waals surface area contributed by atoms with E-state index in [1.54, 1.807) is 6.33 Å². The van der Waals surface area contributed by atoms with E-state index in [1.165, 1.54) is 0 Å². The summed E-state index contributed by atoms with van der Waals surface area (Å²) in [6.45, 7) is 7.58. The van der Waals surface area contributed by atoms with E-state index in [1.807, 2.05) is 14.0 Å². The predicted molar refractivity (Wildman–Crippen MR) is 70.5 cm³/mol. The number of ether oxygens (including phenoxy) is 1. The average molecular weight is 238 g/mol. The van der Waals surface area contributed by atoms with Crippen LogP contribution in [0.15, 0.2) is 6.33 Å². The van der Waals surface area contributed by atoms with Gasteiger partial charge in [-0.2, -0.15) is 0 Å². The zero-order chi connectivity index (χ0) is 12.7. The van der Waals surface area contributed by atoms with E-state index in [9.17, 15) is 0 Å². The van der Waals surface area contributed by atoms with Gasteiger partial charge in [0, 0.05) is 25.3 Å². The van der Waals surface area contributed by atoms with Crippen molar-refractivity contribution >= 4 is 11.6 Å². The third-order valence-electron chi connectivity index (χ3n) is 2.49. The molecule has 1 aromatic rings. The van der Waals surface area contributed by atoms with E-state index >= 15 is 0 Å². The van der Waals surface area contributed by atoms with Gasteiger partial charge in [0.25, 0.3) is 0 Å². The van der Waals surface area contributed by atoms with Crippen LogP contribution in [0.2, 0.25) is 0 Å². The molecule has 5 nitrogen and oxygen atoms in total. The van der Waals surface area contributed by atoms with Gasteiger partial charge in [0.15, 0.2) is 0 Å². The van der Waals surface area contributed by atoms with Crippen LogP contribution >= 0.6 is 0 Å². The largest absolute Gasteiger partial charge is 0.380 e. The van der Waals surface area contributed by atoms with Crippen LogP contribution in [0, 0.1) is 0 Å². The highest BCUT2D eigenvalue weighted by molar-refractivity contribution is 5.57. The van der Waals surface area contributed by atoms with E-state index < -0.39 is 0 Å². The molecule has 1 aromatic heterocycles. The van der Waals surface area contributed by atoms with Crippen LogP contribution < -0.4 is 10.6 Å². The molecular weight excluding hydrogens is 216 g/mol. The molecule has 0 fully saturated rings. The number of anilines is 2. The van der Waals surface area contributed by atoms with Crippen LogP contribution in [0.1, 0.15) is 26.3 Å². The summed E-state index contributed by atoms with van der Waals surface area (Å²) in [5.74, 6) is 1.77. The highest BCUT2D eigenvalue weighted by Gasteiger charge is 2.10. The van der Waals surface area contributed by atoms with Crippen LogP contribution in [0.3, 0.4) is 0 Å². The second-order valence-corrected chi connectivity index (χ2v) is 3.86. The Labute approximate surface area is 103 Å². The summed E-state index contributed by atoms with van der Waals surface area (Å²) in [4.78, 5) is 8.49. The third-order valence-corrected chi connectivity index (χ3v) is 2.49. The minimum Gasteiger partial charge on any atom is -0.380 e.